The molecule has 0 atom stereocenters. The molecule has 3 aliphatic rings. The normalized spacial score (nSPS) is 13.0. The lowest BCUT2D eigenvalue weighted by Gasteiger charge is -2.20. The van der Waals surface area contributed by atoms with Crippen molar-refractivity contribution in [3.63, 3.8) is 0 Å². The molecule has 358 valence electrons. The Balaban J connectivity index is 1.13. The zero-order valence-corrected chi connectivity index (χ0v) is 39.0. The molecule has 2 aliphatic carbocycles. The predicted octanol–water partition coefficient (Wildman–Crippen LogP) is 7.32. The molecule has 0 saturated heterocycles. The second-order valence-corrected chi connectivity index (χ2v) is 21.2. The average molecular weight is 1030 g/mol. The zero-order chi connectivity index (χ0) is 50.2. The molecule has 0 amide bonds. The van der Waals surface area contributed by atoms with Gasteiger partial charge in [-0.2, -0.15) is 25.3 Å². The fourth-order valence-corrected chi connectivity index (χ4v) is 10.5. The highest BCUT2D eigenvalue weighted by molar-refractivity contribution is 7.86. The number of aromatic hydroxyl groups is 5. The van der Waals surface area contributed by atoms with Gasteiger partial charge in [-0.1, -0.05) is 12.1 Å². The van der Waals surface area contributed by atoms with E-state index in [1.54, 1.807) is 36.4 Å². The number of nitrogens with one attached hydrogen (secondary N) is 2. The summed E-state index contributed by atoms with van der Waals surface area (Å²) in [5.74, 6) is -2.03. The van der Waals surface area contributed by atoms with E-state index in [-0.39, 0.29) is 66.5 Å². The molecule has 0 spiro atoms. The molecule has 0 radical (unpaired) electrons. The molecule has 1 heterocycles. The summed E-state index contributed by atoms with van der Waals surface area (Å²) in [5.41, 5.74) is 1.29. The van der Waals surface area contributed by atoms with Gasteiger partial charge in [-0.15, -0.1) is 0 Å². The van der Waals surface area contributed by atoms with Crippen molar-refractivity contribution in [2.24, 2.45) is 0 Å². The first-order chi connectivity index (χ1) is 32.9. The van der Waals surface area contributed by atoms with E-state index in [0.717, 1.165) is 47.5 Å². The van der Waals surface area contributed by atoms with Crippen molar-refractivity contribution in [1.82, 2.24) is 0 Å². The van der Waals surface area contributed by atoms with Crippen molar-refractivity contribution in [3.05, 3.63) is 164 Å². The van der Waals surface area contributed by atoms with Crippen LogP contribution in [0.3, 0.4) is 0 Å². The average Bonchev–Trinajstić information content (AvgIpc) is 3.26. The number of fused-ring (bicyclic) bond motifs is 10. The van der Waals surface area contributed by atoms with E-state index < -0.39 is 93.7 Å². The minimum atomic E-state index is -5.02. The van der Waals surface area contributed by atoms with Gasteiger partial charge in [0.2, 0.25) is 0 Å². The largest absolute Gasteiger partial charge is 0.508 e. The third-order valence-corrected chi connectivity index (χ3v) is 14.5. The van der Waals surface area contributed by atoms with Crippen LogP contribution in [0.2, 0.25) is 0 Å². The standard InChI is InChI=1S/C48H36N2O16S4/c51-34-5-7-39-41(21-34)66-42-22-35(52)6-8-40(42)43(39)23-1-3-32(4-2-23)49-48(67)50-33-13-24-9-26-15-36(68(57,58)59)17-28(45(26)54)11-30-19-38(70(63,64)65)20-31(47(30)56)12-29-18-37(69(60,61)62)16-27(46(29)55)10-25(14-33)44(24)53/h1-8,13-22,51,53-56H,9-12H2,(H2,49,50,67)(H,57,58,59)(H,60,61,62)(H,63,64,65). The minimum Gasteiger partial charge on any atom is -0.508 e. The number of hydrogen-bond donors (Lipinski definition) is 10. The Bertz CT molecular complexity index is 3780. The fourth-order valence-electron chi connectivity index (χ4n) is 8.55. The number of phenols is 5. The molecule has 10 N–H and O–H groups in total. The Morgan fingerprint density at radius 1 is 0.486 bits per heavy atom. The Morgan fingerprint density at radius 3 is 1.30 bits per heavy atom. The quantitative estimate of drug-likeness (QED) is 0.0337. The minimum absolute atomic E-state index is 0.00701. The summed E-state index contributed by atoms with van der Waals surface area (Å²) in [6.45, 7) is 0. The van der Waals surface area contributed by atoms with Gasteiger partial charge in [0.15, 0.2) is 10.5 Å². The van der Waals surface area contributed by atoms with Crippen LogP contribution in [0.25, 0.3) is 33.4 Å². The Hall–Kier alpha value is -7.57. The van der Waals surface area contributed by atoms with Crippen LogP contribution >= 0.6 is 12.2 Å². The molecular weight excluding hydrogens is 989 g/mol. The van der Waals surface area contributed by atoms with Gasteiger partial charge in [-0.25, -0.2) is 0 Å². The van der Waals surface area contributed by atoms with Gasteiger partial charge < -0.3 is 40.6 Å². The van der Waals surface area contributed by atoms with Crippen LogP contribution in [0.1, 0.15) is 44.5 Å². The lowest BCUT2D eigenvalue weighted by molar-refractivity contribution is 0.449. The Labute approximate surface area is 403 Å². The number of rotatable bonds is 6. The van der Waals surface area contributed by atoms with E-state index in [9.17, 15) is 69.2 Å². The topological polar surface area (TPSA) is 319 Å². The molecule has 1 aliphatic heterocycles. The smallest absolute Gasteiger partial charge is 0.294 e. The maximum atomic E-state index is 12.6. The fraction of sp³-hybridized carbons (Fsp3) is 0.0833. The van der Waals surface area contributed by atoms with Gasteiger partial charge in [-0.3, -0.25) is 18.5 Å². The van der Waals surface area contributed by atoms with Crippen LogP contribution in [0.5, 0.6) is 28.7 Å². The number of hydrogen-bond acceptors (Lipinski definition) is 14. The van der Waals surface area contributed by atoms with Crippen LogP contribution in [0.4, 0.5) is 11.4 Å². The first-order valence-corrected chi connectivity index (χ1v) is 25.3. The first kappa shape index (κ1) is 47.5. The number of phenolic OH excluding ortho intramolecular Hbond substituents is 5. The molecule has 9 rings (SSSR count). The molecular formula is C48H36N2O16S4. The second-order valence-electron chi connectivity index (χ2n) is 16.5. The molecule has 0 fully saturated rings. The number of anilines is 2. The molecule has 22 heteroatoms. The van der Waals surface area contributed by atoms with Crippen molar-refractivity contribution in [1.29, 1.82) is 0 Å². The van der Waals surface area contributed by atoms with Crippen LogP contribution in [0, 0.1) is 0 Å². The summed E-state index contributed by atoms with van der Waals surface area (Å²) >= 11 is 5.69. The third kappa shape index (κ3) is 9.43. The molecule has 0 aromatic heterocycles. The van der Waals surface area contributed by atoms with Crippen LogP contribution in [0.15, 0.2) is 133 Å². The number of benzene rings is 7. The highest BCUT2D eigenvalue weighted by Gasteiger charge is 2.27. The van der Waals surface area contributed by atoms with Crippen molar-refractivity contribution >= 4 is 70.0 Å². The maximum Gasteiger partial charge on any atom is 0.294 e. The van der Waals surface area contributed by atoms with E-state index in [1.165, 1.54) is 36.4 Å². The predicted molar refractivity (Wildman–Crippen MR) is 259 cm³/mol. The monoisotopic (exact) mass is 1020 g/mol. The van der Waals surface area contributed by atoms with Gasteiger partial charge in [0, 0.05) is 110 Å². The van der Waals surface area contributed by atoms with E-state index in [2.05, 4.69) is 10.6 Å². The van der Waals surface area contributed by atoms with Crippen LogP contribution in [-0.2, 0) is 56.0 Å². The highest BCUT2D eigenvalue weighted by Crippen LogP contribution is 2.43. The summed E-state index contributed by atoms with van der Waals surface area (Å²) in [4.78, 5) is 10.0. The number of thiocarbonyl (C=S) groups is 1. The van der Waals surface area contributed by atoms with Gasteiger partial charge in [0.25, 0.3) is 30.4 Å². The SMILES string of the molecule is O=c1ccc2c(-c3ccc(NC(=S)Nc4cc5c(O)c(c4)Cc4cc(S(=O)(=O)O)cc(c4O)Cc4cc(S(=O)(=O)O)cc(c4O)Cc4cc(S(=O)(=O)O)cc(c4O)C5)cc3)c3ccc(O)cc3oc-2c1. The van der Waals surface area contributed by atoms with Crippen LogP contribution in [-0.4, -0.2) is 69.6 Å². The van der Waals surface area contributed by atoms with Gasteiger partial charge in [0.1, 0.15) is 40.1 Å². The molecule has 70 heavy (non-hydrogen) atoms. The Morgan fingerprint density at radius 2 is 0.886 bits per heavy atom. The summed E-state index contributed by atoms with van der Waals surface area (Å²) in [7, 11) is -15.0. The summed E-state index contributed by atoms with van der Waals surface area (Å²) in [6, 6.07) is 24.2. The van der Waals surface area contributed by atoms with E-state index in [1.807, 2.05) is 0 Å². The first-order valence-electron chi connectivity index (χ1n) is 20.6. The summed E-state index contributed by atoms with van der Waals surface area (Å²) in [6.07, 6.45) is -2.22. The molecule has 8 bridgehead atoms. The second kappa shape index (κ2) is 17.4. The summed E-state index contributed by atoms with van der Waals surface area (Å²) in [5, 5.41) is 63.6. The molecule has 6 aromatic rings. The summed E-state index contributed by atoms with van der Waals surface area (Å²) < 4.78 is 112. The van der Waals surface area contributed by atoms with Crippen molar-refractivity contribution in [2.45, 2.75) is 40.4 Å². The molecule has 18 nitrogen and oxygen atoms in total. The lowest BCUT2D eigenvalue weighted by Crippen LogP contribution is -2.19. The lowest BCUT2D eigenvalue weighted by atomic mass is 9.91. The van der Waals surface area contributed by atoms with Crippen molar-refractivity contribution in [2.75, 3.05) is 10.6 Å². The molecule has 6 aromatic carbocycles. The van der Waals surface area contributed by atoms with E-state index in [4.69, 9.17) is 16.6 Å². The maximum absolute atomic E-state index is 12.6. The Kier molecular flexibility index (Phi) is 11.8. The third-order valence-electron chi connectivity index (χ3n) is 11.8. The van der Waals surface area contributed by atoms with Gasteiger partial charge in [0.05, 0.1) is 14.7 Å². The van der Waals surface area contributed by atoms with Crippen LogP contribution < -0.4 is 16.1 Å². The van der Waals surface area contributed by atoms with E-state index >= 15 is 0 Å². The zero-order valence-electron chi connectivity index (χ0n) is 35.7. The van der Waals surface area contributed by atoms with Gasteiger partial charge in [-0.05, 0) is 103 Å². The highest BCUT2D eigenvalue weighted by atomic mass is 32.2. The van der Waals surface area contributed by atoms with Gasteiger partial charge >= 0.3 is 0 Å². The van der Waals surface area contributed by atoms with Crippen molar-refractivity contribution < 1.29 is 68.9 Å². The van der Waals surface area contributed by atoms with E-state index in [0.29, 0.717) is 28.0 Å². The van der Waals surface area contributed by atoms with Crippen molar-refractivity contribution in [3.8, 4) is 51.2 Å². The molecule has 0 saturated carbocycles. The molecule has 0 unspecified atom stereocenters.